The summed E-state index contributed by atoms with van der Waals surface area (Å²) < 4.78 is 15.9. The van der Waals surface area contributed by atoms with E-state index in [4.69, 9.17) is 5.73 Å². The number of hydrogen-bond acceptors (Lipinski definition) is 7. The number of nitrogens with one attached hydrogen (secondary N) is 1. The van der Waals surface area contributed by atoms with Gasteiger partial charge in [0.1, 0.15) is 17.5 Å². The average Bonchev–Trinajstić information content (AvgIpc) is 3.50. The van der Waals surface area contributed by atoms with Gasteiger partial charge in [-0.25, -0.2) is 19.3 Å². The van der Waals surface area contributed by atoms with Crippen LogP contribution in [0.15, 0.2) is 42.7 Å². The molecule has 8 nitrogen and oxygen atoms in total. The monoisotopic (exact) mass is 512 g/mol. The van der Waals surface area contributed by atoms with Crippen molar-refractivity contribution >= 4 is 44.0 Å². The number of halogens is 1. The highest BCUT2D eigenvalue weighted by Crippen LogP contribution is 2.28. The third-order valence-corrected chi connectivity index (χ3v) is 6.62. The number of imidazole rings is 1. The Morgan fingerprint density at radius 2 is 1.80 bits per heavy atom. The molecule has 2 bridgehead atoms. The van der Waals surface area contributed by atoms with E-state index in [1.165, 1.54) is 24.2 Å². The van der Waals surface area contributed by atoms with Crippen LogP contribution in [0.25, 0.3) is 22.6 Å². The average molecular weight is 513 g/mol. The maximum absolute atomic E-state index is 13.9. The van der Waals surface area contributed by atoms with E-state index in [9.17, 15) is 4.39 Å². The summed E-state index contributed by atoms with van der Waals surface area (Å²) in [5, 5.41) is 3.55. The second-order valence-corrected chi connectivity index (χ2v) is 8.98. The molecule has 35 heavy (non-hydrogen) atoms. The largest absolute Gasteiger partial charge is 0.382 e. The van der Waals surface area contributed by atoms with Crippen LogP contribution in [0.3, 0.4) is 0 Å². The standard InChI is InChI=1S/C24H25FN8.2H2S/c1-14-29-22(26)21-24(30-14)33(23(31-21)17-6-18(25)9-27-8-17)12-16-4-2-15(3-5-16)11-32-13-19-7-20(32)10-28-19;;/h2-6,8-9,19-20,28H,7,10-13H2,1H3,(H2,26,29,30);2*1H2/t19-,20-;;/m0../s1. The Labute approximate surface area is 217 Å². The first-order valence-electron chi connectivity index (χ1n) is 11.2. The summed E-state index contributed by atoms with van der Waals surface area (Å²) in [6.07, 6.45) is 4.03. The molecule has 6 rings (SSSR count). The minimum Gasteiger partial charge on any atom is -0.382 e. The summed E-state index contributed by atoms with van der Waals surface area (Å²) >= 11 is 0. The Kier molecular flexibility index (Phi) is 7.32. The second kappa shape index (κ2) is 10.1. The fraction of sp³-hybridized carbons (Fsp3) is 0.333. The number of rotatable bonds is 5. The van der Waals surface area contributed by atoms with E-state index in [1.807, 2.05) is 4.57 Å². The number of likely N-dealkylation sites (tertiary alicyclic amines) is 1. The second-order valence-electron chi connectivity index (χ2n) is 8.98. The van der Waals surface area contributed by atoms with Crippen LogP contribution < -0.4 is 11.1 Å². The van der Waals surface area contributed by atoms with E-state index < -0.39 is 5.82 Å². The number of pyridine rings is 1. The minimum absolute atomic E-state index is 0. The van der Waals surface area contributed by atoms with Crippen LogP contribution >= 0.6 is 27.0 Å². The van der Waals surface area contributed by atoms with Gasteiger partial charge in [-0.05, 0) is 30.5 Å². The topological polar surface area (TPSA) is 97.8 Å². The van der Waals surface area contributed by atoms with Crippen molar-refractivity contribution in [3.05, 3.63) is 65.5 Å². The van der Waals surface area contributed by atoms with Gasteiger partial charge in [0, 0.05) is 43.5 Å². The zero-order valence-corrected chi connectivity index (χ0v) is 21.4. The molecule has 0 aliphatic carbocycles. The molecule has 2 saturated heterocycles. The van der Waals surface area contributed by atoms with Crippen LogP contribution in [-0.4, -0.2) is 54.6 Å². The number of nitrogens with zero attached hydrogens (tertiary/aromatic N) is 6. The molecule has 0 spiro atoms. The molecule has 184 valence electrons. The molecule has 2 aliphatic rings. The minimum atomic E-state index is -0.420. The van der Waals surface area contributed by atoms with Gasteiger partial charge in [0.05, 0.1) is 12.7 Å². The lowest BCUT2D eigenvalue weighted by Gasteiger charge is -2.27. The number of benzene rings is 1. The van der Waals surface area contributed by atoms with Gasteiger partial charge in [-0.1, -0.05) is 24.3 Å². The molecule has 4 aromatic rings. The molecule has 3 aromatic heterocycles. The number of nitrogens with two attached hydrogens (primary N) is 1. The Hall–Kier alpha value is -2.73. The Balaban J connectivity index is 0.00000144. The van der Waals surface area contributed by atoms with Crippen molar-refractivity contribution in [1.29, 1.82) is 0 Å². The Morgan fingerprint density at radius 3 is 2.46 bits per heavy atom. The molecule has 11 heteroatoms. The van der Waals surface area contributed by atoms with Gasteiger partial charge in [0.15, 0.2) is 17.0 Å². The number of aryl methyl sites for hydroxylation is 1. The summed E-state index contributed by atoms with van der Waals surface area (Å²) in [4.78, 5) is 20.1. The quantitative estimate of drug-likeness (QED) is 0.424. The number of aromatic nitrogens is 5. The molecule has 0 amide bonds. The highest BCUT2D eigenvalue weighted by Gasteiger charge is 2.37. The van der Waals surface area contributed by atoms with Crippen molar-refractivity contribution in [2.24, 2.45) is 0 Å². The first-order valence-corrected chi connectivity index (χ1v) is 11.2. The van der Waals surface area contributed by atoms with Crippen LogP contribution in [0.5, 0.6) is 0 Å². The molecule has 0 saturated carbocycles. The molecule has 1 aromatic carbocycles. The summed E-state index contributed by atoms with van der Waals surface area (Å²) in [6, 6.07) is 11.4. The number of anilines is 1. The first kappa shape index (κ1) is 25.4. The van der Waals surface area contributed by atoms with E-state index in [1.54, 1.807) is 13.1 Å². The van der Waals surface area contributed by atoms with Gasteiger partial charge in [-0.2, -0.15) is 27.0 Å². The van der Waals surface area contributed by atoms with Crippen molar-refractivity contribution in [2.45, 2.75) is 38.5 Å². The van der Waals surface area contributed by atoms with Crippen LogP contribution in [0.2, 0.25) is 0 Å². The highest BCUT2D eigenvalue weighted by atomic mass is 32.1. The number of hydrogen-bond donors (Lipinski definition) is 2. The van der Waals surface area contributed by atoms with E-state index in [2.05, 4.69) is 54.4 Å². The van der Waals surface area contributed by atoms with Crippen LogP contribution in [0, 0.1) is 12.7 Å². The Morgan fingerprint density at radius 1 is 1.06 bits per heavy atom. The summed E-state index contributed by atoms with van der Waals surface area (Å²) in [7, 11) is 0. The molecule has 2 atom stereocenters. The van der Waals surface area contributed by atoms with Gasteiger partial charge < -0.3 is 15.6 Å². The number of piperazine rings is 1. The molecule has 5 heterocycles. The van der Waals surface area contributed by atoms with E-state index in [-0.39, 0.29) is 27.0 Å². The van der Waals surface area contributed by atoms with Crippen molar-refractivity contribution in [2.75, 3.05) is 18.8 Å². The lowest BCUT2D eigenvalue weighted by Crippen LogP contribution is -2.42. The fourth-order valence-corrected chi connectivity index (χ4v) is 5.05. The van der Waals surface area contributed by atoms with Gasteiger partial charge in [0.2, 0.25) is 0 Å². The van der Waals surface area contributed by atoms with E-state index in [0.717, 1.165) is 25.2 Å². The molecule has 3 N–H and O–H groups in total. The molecule has 0 unspecified atom stereocenters. The van der Waals surface area contributed by atoms with Crippen LogP contribution in [-0.2, 0) is 13.1 Å². The SMILES string of the molecule is Cc1nc(N)c2nc(-c3cncc(F)c3)n(Cc3ccc(CN4C[C@@H]5C[C@H]4CN5)cc3)c2n1.S.S. The third kappa shape index (κ3) is 4.86. The Bertz CT molecular complexity index is 1340. The van der Waals surface area contributed by atoms with Gasteiger partial charge >= 0.3 is 0 Å². The van der Waals surface area contributed by atoms with E-state index in [0.29, 0.717) is 52.8 Å². The smallest absolute Gasteiger partial charge is 0.166 e. The highest BCUT2D eigenvalue weighted by molar-refractivity contribution is 7.59. The zero-order valence-electron chi connectivity index (χ0n) is 19.4. The summed E-state index contributed by atoms with van der Waals surface area (Å²) in [5.41, 5.74) is 10.2. The molecular formula is C24H29FN8S2. The molecular weight excluding hydrogens is 483 g/mol. The van der Waals surface area contributed by atoms with Crippen LogP contribution in [0.1, 0.15) is 23.4 Å². The predicted octanol–water partition coefficient (Wildman–Crippen LogP) is 2.74. The molecule has 0 radical (unpaired) electrons. The maximum Gasteiger partial charge on any atom is 0.166 e. The van der Waals surface area contributed by atoms with Crippen molar-refractivity contribution in [1.82, 2.24) is 34.7 Å². The van der Waals surface area contributed by atoms with E-state index >= 15 is 0 Å². The number of nitrogen functional groups attached to an aromatic ring is 1. The molecule has 2 fully saturated rings. The fourth-order valence-electron chi connectivity index (χ4n) is 5.05. The number of fused-ring (bicyclic) bond motifs is 3. The molecule has 2 aliphatic heterocycles. The zero-order chi connectivity index (χ0) is 22.5. The maximum atomic E-state index is 13.9. The van der Waals surface area contributed by atoms with Gasteiger partial charge in [-0.3, -0.25) is 9.88 Å². The van der Waals surface area contributed by atoms with Gasteiger partial charge in [-0.15, -0.1) is 0 Å². The third-order valence-electron chi connectivity index (χ3n) is 6.62. The van der Waals surface area contributed by atoms with Crippen molar-refractivity contribution < 1.29 is 4.39 Å². The van der Waals surface area contributed by atoms with Crippen molar-refractivity contribution in [3.63, 3.8) is 0 Å². The summed E-state index contributed by atoms with van der Waals surface area (Å²) in [5.74, 6) is 1.02. The summed E-state index contributed by atoms with van der Waals surface area (Å²) in [6.45, 7) is 5.51. The van der Waals surface area contributed by atoms with Gasteiger partial charge in [0.25, 0.3) is 0 Å². The first-order chi connectivity index (χ1) is 16.0. The lowest BCUT2D eigenvalue weighted by molar-refractivity contribution is 0.218. The lowest BCUT2D eigenvalue weighted by atomic mass is 10.1. The van der Waals surface area contributed by atoms with Crippen molar-refractivity contribution in [3.8, 4) is 11.4 Å². The normalized spacial score (nSPS) is 19.0. The predicted molar refractivity (Wildman–Crippen MR) is 145 cm³/mol. The van der Waals surface area contributed by atoms with Crippen LogP contribution in [0.4, 0.5) is 10.2 Å².